The summed E-state index contributed by atoms with van der Waals surface area (Å²) in [6.07, 6.45) is 1.92. The Morgan fingerprint density at radius 2 is 1.77 bits per heavy atom. The lowest BCUT2D eigenvalue weighted by Crippen LogP contribution is -2.35. The number of carbonyl (C=O) groups is 2. The first-order chi connectivity index (χ1) is 18.6. The Kier molecular flexibility index (Phi) is 10.4. The maximum Gasteiger partial charge on any atom is 0.295 e. The third-order valence-corrected chi connectivity index (χ3v) is 6.61. The van der Waals surface area contributed by atoms with Gasteiger partial charge in [-0.2, -0.15) is 0 Å². The van der Waals surface area contributed by atoms with E-state index >= 15 is 0 Å². The standard InChI is InChI=1S/C31H42N2O6/c1-8-9-16-38-25-13-10-22(18-26(25)37-7)28-27(30(35)31(36)33(28)15-14-32(5)6)29(34)23-11-12-24(21(4)17-23)39-19-20(2)3/h10-13,17-18,20,28,34H,8-9,14-16,19H2,1-7H3/b29-27+. The molecule has 1 unspecified atom stereocenters. The number of Topliss-reactive ketones (excluding diaryl/α,β-unsaturated/α-hetero) is 1. The summed E-state index contributed by atoms with van der Waals surface area (Å²) in [7, 11) is 5.37. The Balaban J connectivity index is 2.09. The van der Waals surface area contributed by atoms with Gasteiger partial charge in [-0.15, -0.1) is 0 Å². The summed E-state index contributed by atoms with van der Waals surface area (Å²) in [5.74, 6) is 0.613. The van der Waals surface area contributed by atoms with Crippen LogP contribution in [0, 0.1) is 12.8 Å². The molecule has 1 fully saturated rings. The fraction of sp³-hybridized carbons (Fsp3) is 0.484. The van der Waals surface area contributed by atoms with Crippen LogP contribution in [0.25, 0.3) is 5.76 Å². The highest BCUT2D eigenvalue weighted by atomic mass is 16.5. The summed E-state index contributed by atoms with van der Waals surface area (Å²) in [5.41, 5.74) is 1.98. The van der Waals surface area contributed by atoms with E-state index in [1.54, 1.807) is 37.4 Å². The van der Waals surface area contributed by atoms with Gasteiger partial charge < -0.3 is 29.1 Å². The van der Waals surface area contributed by atoms with Gasteiger partial charge >= 0.3 is 0 Å². The Hall–Kier alpha value is -3.52. The number of benzene rings is 2. The molecule has 0 aliphatic carbocycles. The first-order valence-electron chi connectivity index (χ1n) is 13.6. The van der Waals surface area contributed by atoms with Gasteiger partial charge in [0.1, 0.15) is 11.5 Å². The van der Waals surface area contributed by atoms with Crippen LogP contribution in [0.15, 0.2) is 42.0 Å². The molecule has 1 saturated heterocycles. The quantitative estimate of drug-likeness (QED) is 0.162. The van der Waals surface area contributed by atoms with Gasteiger partial charge in [0.15, 0.2) is 11.5 Å². The van der Waals surface area contributed by atoms with Crippen LogP contribution >= 0.6 is 0 Å². The number of likely N-dealkylation sites (tertiary alicyclic amines) is 1. The first kappa shape index (κ1) is 30.0. The van der Waals surface area contributed by atoms with E-state index in [2.05, 4.69) is 20.8 Å². The number of carbonyl (C=O) groups excluding carboxylic acids is 2. The molecule has 8 nitrogen and oxygen atoms in total. The monoisotopic (exact) mass is 538 g/mol. The first-order valence-corrected chi connectivity index (χ1v) is 13.6. The van der Waals surface area contributed by atoms with Crippen molar-refractivity contribution in [2.45, 2.75) is 46.6 Å². The fourth-order valence-electron chi connectivity index (χ4n) is 4.44. The molecule has 0 radical (unpaired) electrons. The zero-order chi connectivity index (χ0) is 28.7. The Bertz CT molecular complexity index is 1200. The predicted molar refractivity (Wildman–Crippen MR) is 152 cm³/mol. The number of nitrogens with zero attached hydrogens (tertiary/aromatic N) is 2. The molecule has 1 heterocycles. The number of aliphatic hydroxyl groups is 1. The number of methoxy groups -OCH3 is 1. The zero-order valence-electron chi connectivity index (χ0n) is 24.2. The van der Waals surface area contributed by atoms with E-state index in [1.807, 2.05) is 32.0 Å². The molecule has 2 aromatic rings. The fourth-order valence-corrected chi connectivity index (χ4v) is 4.44. The van der Waals surface area contributed by atoms with E-state index < -0.39 is 17.7 Å². The molecule has 1 aliphatic heterocycles. The van der Waals surface area contributed by atoms with Crippen LogP contribution in [0.5, 0.6) is 17.2 Å². The van der Waals surface area contributed by atoms with Gasteiger partial charge in [-0.3, -0.25) is 9.59 Å². The maximum absolute atomic E-state index is 13.4. The topological polar surface area (TPSA) is 88.5 Å². The van der Waals surface area contributed by atoms with Crippen molar-refractivity contribution in [3.8, 4) is 17.2 Å². The molecule has 0 spiro atoms. The molecule has 1 aliphatic rings. The van der Waals surface area contributed by atoms with Crippen molar-refractivity contribution in [3.05, 3.63) is 58.7 Å². The van der Waals surface area contributed by atoms with Gasteiger partial charge in [-0.05, 0) is 74.8 Å². The molecule has 1 atom stereocenters. The molecule has 0 bridgehead atoms. The van der Waals surface area contributed by atoms with Crippen LogP contribution in [0.3, 0.4) is 0 Å². The van der Waals surface area contributed by atoms with Gasteiger partial charge in [0, 0.05) is 18.7 Å². The third-order valence-electron chi connectivity index (χ3n) is 6.61. The number of unbranched alkanes of at least 4 members (excludes halogenated alkanes) is 1. The number of hydrogen-bond donors (Lipinski definition) is 1. The van der Waals surface area contributed by atoms with Crippen LogP contribution in [0.4, 0.5) is 0 Å². The molecule has 0 aromatic heterocycles. The lowest BCUT2D eigenvalue weighted by atomic mass is 9.94. The van der Waals surface area contributed by atoms with Crippen LogP contribution in [-0.4, -0.2) is 74.1 Å². The van der Waals surface area contributed by atoms with Gasteiger partial charge in [0.25, 0.3) is 11.7 Å². The molecule has 0 saturated carbocycles. The largest absolute Gasteiger partial charge is 0.507 e. The van der Waals surface area contributed by atoms with Crippen LogP contribution < -0.4 is 14.2 Å². The second-order valence-electron chi connectivity index (χ2n) is 10.6. The SMILES string of the molecule is CCCCOc1ccc(C2/C(=C(\O)c3ccc(OCC(C)C)c(C)c3)C(=O)C(=O)N2CCN(C)C)cc1OC. The molecular formula is C31H42N2O6. The van der Waals surface area contributed by atoms with E-state index in [0.29, 0.717) is 60.6 Å². The molecule has 1 amide bonds. The summed E-state index contributed by atoms with van der Waals surface area (Å²) in [6, 6.07) is 9.90. The highest BCUT2D eigenvalue weighted by molar-refractivity contribution is 6.46. The zero-order valence-corrected chi connectivity index (χ0v) is 24.2. The van der Waals surface area contributed by atoms with Crippen molar-refractivity contribution in [2.75, 3.05) is 47.5 Å². The normalized spacial score (nSPS) is 16.8. The number of rotatable bonds is 13. The number of amides is 1. The van der Waals surface area contributed by atoms with Crippen LogP contribution in [0.1, 0.15) is 56.3 Å². The Morgan fingerprint density at radius 1 is 1.05 bits per heavy atom. The van der Waals surface area contributed by atoms with Crippen molar-refractivity contribution in [1.82, 2.24) is 9.80 Å². The Morgan fingerprint density at radius 3 is 2.38 bits per heavy atom. The van der Waals surface area contributed by atoms with E-state index in [0.717, 1.165) is 18.4 Å². The summed E-state index contributed by atoms with van der Waals surface area (Å²) in [4.78, 5) is 30.1. The minimum Gasteiger partial charge on any atom is -0.507 e. The Labute approximate surface area is 232 Å². The van der Waals surface area contributed by atoms with Gasteiger partial charge in [0.05, 0.1) is 31.9 Å². The van der Waals surface area contributed by atoms with Crippen molar-refractivity contribution < 1.29 is 28.9 Å². The molecular weight excluding hydrogens is 496 g/mol. The van der Waals surface area contributed by atoms with Gasteiger partial charge in [-0.1, -0.05) is 33.3 Å². The van der Waals surface area contributed by atoms with Crippen LogP contribution in [0.2, 0.25) is 0 Å². The highest BCUT2D eigenvalue weighted by Crippen LogP contribution is 2.42. The molecule has 212 valence electrons. The van der Waals surface area contributed by atoms with E-state index in [4.69, 9.17) is 14.2 Å². The second-order valence-corrected chi connectivity index (χ2v) is 10.6. The number of likely N-dealkylation sites (N-methyl/N-ethyl adjacent to an activating group) is 1. The predicted octanol–water partition coefficient (Wildman–Crippen LogP) is 5.20. The van der Waals surface area contributed by atoms with Gasteiger partial charge in [0.2, 0.25) is 0 Å². The highest BCUT2D eigenvalue weighted by Gasteiger charge is 2.46. The summed E-state index contributed by atoms with van der Waals surface area (Å²) >= 11 is 0. The summed E-state index contributed by atoms with van der Waals surface area (Å²) in [6.45, 7) is 10.1. The summed E-state index contributed by atoms with van der Waals surface area (Å²) in [5, 5.41) is 11.5. The minimum absolute atomic E-state index is 0.0516. The number of hydrogen-bond acceptors (Lipinski definition) is 7. The lowest BCUT2D eigenvalue weighted by Gasteiger charge is -2.27. The van der Waals surface area contributed by atoms with Crippen molar-refractivity contribution >= 4 is 17.4 Å². The van der Waals surface area contributed by atoms with E-state index in [-0.39, 0.29) is 11.3 Å². The molecule has 2 aromatic carbocycles. The maximum atomic E-state index is 13.4. The minimum atomic E-state index is -0.777. The molecule has 39 heavy (non-hydrogen) atoms. The average Bonchev–Trinajstić information content (AvgIpc) is 3.15. The smallest absolute Gasteiger partial charge is 0.295 e. The molecule has 3 rings (SSSR count). The summed E-state index contributed by atoms with van der Waals surface area (Å²) < 4.78 is 17.4. The number of ether oxygens (including phenoxy) is 3. The third kappa shape index (κ3) is 7.12. The van der Waals surface area contributed by atoms with E-state index in [9.17, 15) is 14.7 Å². The number of aliphatic hydroxyl groups excluding tert-OH is 1. The molecule has 1 N–H and O–H groups in total. The van der Waals surface area contributed by atoms with Crippen molar-refractivity contribution in [2.24, 2.45) is 5.92 Å². The average molecular weight is 539 g/mol. The van der Waals surface area contributed by atoms with Gasteiger partial charge in [-0.25, -0.2) is 0 Å². The number of ketones is 1. The van der Waals surface area contributed by atoms with Crippen LogP contribution in [-0.2, 0) is 9.59 Å². The van der Waals surface area contributed by atoms with E-state index in [1.165, 1.54) is 4.90 Å². The lowest BCUT2D eigenvalue weighted by molar-refractivity contribution is -0.140. The molecule has 8 heteroatoms. The second kappa shape index (κ2) is 13.5. The van der Waals surface area contributed by atoms with Crippen molar-refractivity contribution in [3.63, 3.8) is 0 Å². The number of aryl methyl sites for hydroxylation is 1. The van der Waals surface area contributed by atoms with Crippen molar-refractivity contribution in [1.29, 1.82) is 0 Å².